The van der Waals surface area contributed by atoms with Gasteiger partial charge in [-0.3, -0.25) is 14.4 Å². The molecule has 8 nitrogen and oxygen atoms in total. The van der Waals surface area contributed by atoms with Crippen LogP contribution in [-0.2, 0) is 14.4 Å². The Labute approximate surface area is 162 Å². The van der Waals surface area contributed by atoms with E-state index >= 15 is 0 Å². The second kappa shape index (κ2) is 7.99. The molecule has 0 unspecified atom stereocenters. The highest BCUT2D eigenvalue weighted by Crippen LogP contribution is 2.34. The van der Waals surface area contributed by atoms with Gasteiger partial charge in [0.15, 0.2) is 11.5 Å². The third-order valence-electron chi connectivity index (χ3n) is 4.32. The van der Waals surface area contributed by atoms with Crippen LogP contribution in [0.1, 0.15) is 13.3 Å². The second-order valence-corrected chi connectivity index (χ2v) is 6.27. The van der Waals surface area contributed by atoms with E-state index in [1.54, 1.807) is 42.5 Å². The van der Waals surface area contributed by atoms with Crippen molar-refractivity contribution in [2.24, 2.45) is 0 Å². The molecule has 0 bridgehead atoms. The number of benzene rings is 2. The normalized spacial score (nSPS) is 16.1. The number of hydrogen-bond acceptors (Lipinski definition) is 6. The van der Waals surface area contributed by atoms with Crippen molar-refractivity contribution in [3.8, 4) is 11.5 Å². The van der Waals surface area contributed by atoms with E-state index in [9.17, 15) is 14.4 Å². The zero-order chi connectivity index (χ0) is 20.3. The number of hydrogen-bond donors (Lipinski definition) is 2. The lowest BCUT2D eigenvalue weighted by atomic mass is 10.2. The zero-order valence-corrected chi connectivity index (χ0v) is 15.8. The maximum atomic E-state index is 12.8. The molecule has 3 amide bonds. The Morgan fingerprint density at radius 2 is 1.64 bits per heavy atom. The van der Waals surface area contributed by atoms with Crippen LogP contribution in [0, 0.1) is 0 Å². The van der Waals surface area contributed by atoms with Gasteiger partial charge in [-0.15, -0.1) is 0 Å². The number of rotatable bonds is 6. The van der Waals surface area contributed by atoms with Crippen molar-refractivity contribution in [2.75, 3.05) is 29.8 Å². The molecule has 2 aromatic rings. The maximum absolute atomic E-state index is 12.8. The Kier molecular flexibility index (Phi) is 5.49. The number of methoxy groups -OCH3 is 2. The third-order valence-corrected chi connectivity index (χ3v) is 4.32. The summed E-state index contributed by atoms with van der Waals surface area (Å²) in [7, 11) is 3.01. The van der Waals surface area contributed by atoms with Crippen LogP contribution in [0.3, 0.4) is 0 Å². The molecule has 0 saturated carbocycles. The van der Waals surface area contributed by atoms with Crippen molar-refractivity contribution in [3.05, 3.63) is 42.5 Å². The molecule has 1 aliphatic heterocycles. The van der Waals surface area contributed by atoms with Crippen LogP contribution in [0.15, 0.2) is 42.5 Å². The van der Waals surface area contributed by atoms with Gasteiger partial charge in [-0.2, -0.15) is 0 Å². The number of nitrogens with one attached hydrogen (secondary N) is 2. The number of nitrogens with zero attached hydrogens (tertiary/aromatic N) is 1. The number of ether oxygens (including phenoxy) is 2. The van der Waals surface area contributed by atoms with E-state index in [4.69, 9.17) is 9.47 Å². The Balaban J connectivity index is 1.75. The summed E-state index contributed by atoms with van der Waals surface area (Å²) in [6.45, 7) is 1.43. The lowest BCUT2D eigenvalue weighted by Gasteiger charge is -2.18. The van der Waals surface area contributed by atoms with Crippen LogP contribution < -0.4 is 25.0 Å². The zero-order valence-electron chi connectivity index (χ0n) is 15.8. The highest BCUT2D eigenvalue weighted by atomic mass is 16.5. The van der Waals surface area contributed by atoms with Crippen LogP contribution in [0.4, 0.5) is 17.1 Å². The maximum Gasteiger partial charge on any atom is 0.256 e. The van der Waals surface area contributed by atoms with E-state index in [-0.39, 0.29) is 24.1 Å². The summed E-state index contributed by atoms with van der Waals surface area (Å²) in [6, 6.07) is 11.1. The van der Waals surface area contributed by atoms with E-state index in [1.807, 2.05) is 0 Å². The van der Waals surface area contributed by atoms with Crippen molar-refractivity contribution in [1.82, 2.24) is 0 Å². The van der Waals surface area contributed by atoms with Gasteiger partial charge in [0, 0.05) is 24.4 Å². The molecule has 1 aliphatic rings. The van der Waals surface area contributed by atoms with Crippen LogP contribution >= 0.6 is 0 Å². The predicted octanol–water partition coefficient (Wildman–Crippen LogP) is 2.41. The highest BCUT2D eigenvalue weighted by Gasteiger charge is 2.39. The first-order valence-corrected chi connectivity index (χ1v) is 8.66. The molecule has 28 heavy (non-hydrogen) atoms. The minimum absolute atomic E-state index is 0.0423. The monoisotopic (exact) mass is 383 g/mol. The lowest BCUT2D eigenvalue weighted by Crippen LogP contribution is -2.34. The summed E-state index contributed by atoms with van der Waals surface area (Å²) >= 11 is 0. The van der Waals surface area contributed by atoms with Crippen LogP contribution in [-0.4, -0.2) is 38.0 Å². The molecule has 3 rings (SSSR count). The number of anilines is 3. The van der Waals surface area contributed by atoms with Gasteiger partial charge in [0.1, 0.15) is 6.04 Å². The Bertz CT molecular complexity index is 911. The summed E-state index contributed by atoms with van der Waals surface area (Å²) in [5.41, 5.74) is 1.76. The van der Waals surface area contributed by atoms with Crippen molar-refractivity contribution in [3.63, 3.8) is 0 Å². The van der Waals surface area contributed by atoms with Gasteiger partial charge in [0.05, 0.1) is 26.3 Å². The first-order chi connectivity index (χ1) is 13.4. The van der Waals surface area contributed by atoms with Crippen molar-refractivity contribution in [1.29, 1.82) is 0 Å². The number of imide groups is 1. The molecular weight excluding hydrogens is 362 g/mol. The average Bonchev–Trinajstić information content (AvgIpc) is 2.95. The van der Waals surface area contributed by atoms with Crippen LogP contribution in [0.2, 0.25) is 0 Å². The lowest BCUT2D eigenvalue weighted by molar-refractivity contribution is -0.121. The predicted molar refractivity (Wildman–Crippen MR) is 105 cm³/mol. The quantitative estimate of drug-likeness (QED) is 0.744. The number of carbonyl (C=O) groups excluding carboxylic acids is 3. The van der Waals surface area contributed by atoms with Gasteiger partial charge in [-0.1, -0.05) is 0 Å². The first kappa shape index (κ1) is 19.2. The summed E-state index contributed by atoms with van der Waals surface area (Å²) in [5.74, 6) is 0.139. The molecule has 1 heterocycles. The number of amides is 3. The molecular formula is C20H21N3O5. The summed E-state index contributed by atoms with van der Waals surface area (Å²) in [6.07, 6.45) is 0.0423. The molecule has 1 saturated heterocycles. The highest BCUT2D eigenvalue weighted by molar-refractivity contribution is 6.23. The average molecular weight is 383 g/mol. The van der Waals surface area contributed by atoms with Gasteiger partial charge in [-0.25, -0.2) is 4.90 Å². The van der Waals surface area contributed by atoms with Crippen molar-refractivity contribution >= 4 is 34.8 Å². The molecule has 1 fully saturated rings. The topological polar surface area (TPSA) is 97.0 Å². The van der Waals surface area contributed by atoms with E-state index in [1.165, 1.54) is 21.1 Å². The fourth-order valence-electron chi connectivity index (χ4n) is 3.03. The van der Waals surface area contributed by atoms with Crippen molar-refractivity contribution in [2.45, 2.75) is 19.4 Å². The van der Waals surface area contributed by atoms with E-state index in [0.29, 0.717) is 28.6 Å². The summed E-state index contributed by atoms with van der Waals surface area (Å²) < 4.78 is 10.4. The second-order valence-electron chi connectivity index (χ2n) is 6.27. The Morgan fingerprint density at radius 3 is 2.25 bits per heavy atom. The molecule has 2 N–H and O–H groups in total. The molecule has 1 atom stereocenters. The molecule has 0 spiro atoms. The van der Waals surface area contributed by atoms with Gasteiger partial charge >= 0.3 is 0 Å². The minimum atomic E-state index is -0.674. The number of carbonyl (C=O) groups is 3. The van der Waals surface area contributed by atoms with Gasteiger partial charge < -0.3 is 20.1 Å². The Hall–Kier alpha value is -3.55. The van der Waals surface area contributed by atoms with Crippen LogP contribution in [0.5, 0.6) is 11.5 Å². The summed E-state index contributed by atoms with van der Waals surface area (Å²) in [5, 5.41) is 5.74. The molecule has 0 aliphatic carbocycles. The molecule has 0 radical (unpaired) electrons. The van der Waals surface area contributed by atoms with E-state index < -0.39 is 6.04 Å². The summed E-state index contributed by atoms with van der Waals surface area (Å²) in [4.78, 5) is 37.5. The van der Waals surface area contributed by atoms with E-state index in [2.05, 4.69) is 10.6 Å². The first-order valence-electron chi connectivity index (χ1n) is 8.66. The largest absolute Gasteiger partial charge is 0.493 e. The third kappa shape index (κ3) is 3.90. The fraction of sp³-hybridized carbons (Fsp3) is 0.250. The molecule has 2 aromatic carbocycles. The minimum Gasteiger partial charge on any atom is -0.493 e. The van der Waals surface area contributed by atoms with Gasteiger partial charge in [0.2, 0.25) is 11.8 Å². The smallest absolute Gasteiger partial charge is 0.256 e. The van der Waals surface area contributed by atoms with Crippen molar-refractivity contribution < 1.29 is 23.9 Å². The standard InChI is InChI=1S/C20H21N3O5/c1-12(24)21-13-4-6-14(7-5-13)22-16-11-19(25)23(20(16)26)15-8-9-17(27-2)18(10-15)28-3/h4-10,16,22H,11H2,1-3H3,(H,21,24)/t16-/m1/s1. The van der Waals surface area contributed by atoms with E-state index in [0.717, 1.165) is 4.90 Å². The van der Waals surface area contributed by atoms with Gasteiger partial charge in [0.25, 0.3) is 5.91 Å². The molecule has 8 heteroatoms. The van der Waals surface area contributed by atoms with Gasteiger partial charge in [-0.05, 0) is 36.4 Å². The molecule has 0 aromatic heterocycles. The molecule has 146 valence electrons. The SMILES string of the molecule is COc1ccc(N2C(=O)C[C@@H](Nc3ccc(NC(C)=O)cc3)C2=O)cc1OC. The Morgan fingerprint density at radius 1 is 1.00 bits per heavy atom. The van der Waals surface area contributed by atoms with Crippen LogP contribution in [0.25, 0.3) is 0 Å². The fourth-order valence-corrected chi connectivity index (χ4v) is 3.03.